The zero-order valence-corrected chi connectivity index (χ0v) is 11.6. The van der Waals surface area contributed by atoms with Crippen LogP contribution in [0, 0.1) is 0 Å². The van der Waals surface area contributed by atoms with E-state index in [0.717, 1.165) is 36.8 Å². The predicted octanol–water partition coefficient (Wildman–Crippen LogP) is 2.01. The maximum Gasteiger partial charge on any atom is 0.357 e. The van der Waals surface area contributed by atoms with Crippen LogP contribution >= 0.6 is 0 Å². The van der Waals surface area contributed by atoms with Crippen LogP contribution in [0.5, 0.6) is 0 Å². The summed E-state index contributed by atoms with van der Waals surface area (Å²) in [5.41, 5.74) is 0.959. The van der Waals surface area contributed by atoms with Gasteiger partial charge in [0, 0.05) is 18.5 Å². The summed E-state index contributed by atoms with van der Waals surface area (Å²) in [6.45, 7) is 1.29. The van der Waals surface area contributed by atoms with Gasteiger partial charge in [0.2, 0.25) is 0 Å². The average Bonchev–Trinajstić information content (AvgIpc) is 3.06. The molecular formula is C16H16N2O3. The smallest absolute Gasteiger partial charge is 0.357 e. The van der Waals surface area contributed by atoms with Crippen LogP contribution in [-0.2, 0) is 9.53 Å². The Morgan fingerprint density at radius 3 is 2.67 bits per heavy atom. The largest absolute Gasteiger partial charge is 0.451 e. The molecule has 0 N–H and O–H groups in total. The minimum absolute atomic E-state index is 0.137. The molecule has 1 fully saturated rings. The molecule has 2 heterocycles. The third-order valence-electron chi connectivity index (χ3n) is 3.59. The number of esters is 1. The summed E-state index contributed by atoms with van der Waals surface area (Å²) >= 11 is 0. The molecule has 1 aliphatic rings. The summed E-state index contributed by atoms with van der Waals surface area (Å²) in [7, 11) is 0. The normalized spacial score (nSPS) is 14.4. The Bertz CT molecular complexity index is 678. The number of para-hydroxylation sites is 1. The number of likely N-dealkylation sites (tertiary alicyclic amines) is 1. The van der Waals surface area contributed by atoms with Gasteiger partial charge in [-0.2, -0.15) is 0 Å². The van der Waals surface area contributed by atoms with E-state index in [0.29, 0.717) is 0 Å². The van der Waals surface area contributed by atoms with Gasteiger partial charge in [0.1, 0.15) is 5.69 Å². The molecule has 21 heavy (non-hydrogen) atoms. The molecule has 0 aliphatic carbocycles. The number of carbonyl (C=O) groups excluding carboxylic acids is 2. The van der Waals surface area contributed by atoms with Crippen molar-refractivity contribution >= 4 is 22.8 Å². The van der Waals surface area contributed by atoms with Crippen molar-refractivity contribution in [1.82, 2.24) is 9.88 Å². The van der Waals surface area contributed by atoms with Gasteiger partial charge in [-0.1, -0.05) is 24.3 Å². The number of rotatable bonds is 3. The zero-order valence-electron chi connectivity index (χ0n) is 11.6. The summed E-state index contributed by atoms with van der Waals surface area (Å²) in [4.78, 5) is 29.7. The fourth-order valence-electron chi connectivity index (χ4n) is 2.44. The van der Waals surface area contributed by atoms with E-state index in [2.05, 4.69) is 4.98 Å². The van der Waals surface area contributed by atoms with Crippen molar-refractivity contribution in [1.29, 1.82) is 0 Å². The molecule has 1 aromatic carbocycles. The molecule has 0 radical (unpaired) electrons. The van der Waals surface area contributed by atoms with Crippen LogP contribution in [0.25, 0.3) is 10.9 Å². The number of pyridine rings is 1. The Morgan fingerprint density at radius 1 is 1.10 bits per heavy atom. The molecule has 0 unspecified atom stereocenters. The molecule has 1 aliphatic heterocycles. The quantitative estimate of drug-likeness (QED) is 0.809. The fraction of sp³-hybridized carbons (Fsp3) is 0.312. The number of nitrogens with zero attached hydrogens (tertiary/aromatic N) is 2. The van der Waals surface area contributed by atoms with Gasteiger partial charge in [-0.05, 0) is 25.0 Å². The third-order valence-corrected chi connectivity index (χ3v) is 3.59. The van der Waals surface area contributed by atoms with Gasteiger partial charge in [0.25, 0.3) is 5.91 Å². The zero-order chi connectivity index (χ0) is 14.7. The fourth-order valence-corrected chi connectivity index (χ4v) is 2.44. The number of amides is 1. The van der Waals surface area contributed by atoms with Crippen molar-refractivity contribution < 1.29 is 14.3 Å². The van der Waals surface area contributed by atoms with Crippen LogP contribution in [0.3, 0.4) is 0 Å². The Kier molecular flexibility index (Phi) is 3.81. The second kappa shape index (κ2) is 5.91. The van der Waals surface area contributed by atoms with Gasteiger partial charge in [0.15, 0.2) is 6.61 Å². The molecule has 2 aromatic rings. The first-order valence-corrected chi connectivity index (χ1v) is 7.05. The first-order valence-electron chi connectivity index (χ1n) is 7.05. The molecule has 0 bridgehead atoms. The minimum Gasteiger partial charge on any atom is -0.451 e. The van der Waals surface area contributed by atoms with Crippen molar-refractivity contribution in [2.24, 2.45) is 0 Å². The standard InChI is InChI=1S/C16H16N2O3/c19-15(18-9-3-4-10-18)11-21-16(20)14-8-7-12-5-1-2-6-13(12)17-14/h1-2,5-8H,3-4,9-11H2. The van der Waals surface area contributed by atoms with Crippen molar-refractivity contribution in [3.63, 3.8) is 0 Å². The van der Waals surface area contributed by atoms with Crippen LogP contribution in [-0.4, -0.2) is 41.5 Å². The Labute approximate surface area is 122 Å². The van der Waals surface area contributed by atoms with Crippen molar-refractivity contribution in [2.45, 2.75) is 12.8 Å². The highest BCUT2D eigenvalue weighted by molar-refractivity contribution is 5.92. The molecule has 108 valence electrons. The summed E-state index contributed by atoms with van der Waals surface area (Å²) < 4.78 is 5.06. The second-order valence-corrected chi connectivity index (χ2v) is 5.05. The Balaban J connectivity index is 1.64. The lowest BCUT2D eigenvalue weighted by Gasteiger charge is -2.14. The number of benzene rings is 1. The van der Waals surface area contributed by atoms with Gasteiger partial charge in [0.05, 0.1) is 5.52 Å². The molecule has 0 spiro atoms. The summed E-state index contributed by atoms with van der Waals surface area (Å²) in [6, 6.07) is 11.0. The number of hydrogen-bond donors (Lipinski definition) is 0. The lowest BCUT2D eigenvalue weighted by molar-refractivity contribution is -0.133. The number of ether oxygens (including phenoxy) is 1. The van der Waals surface area contributed by atoms with Gasteiger partial charge in [-0.3, -0.25) is 4.79 Å². The highest BCUT2D eigenvalue weighted by Crippen LogP contribution is 2.13. The second-order valence-electron chi connectivity index (χ2n) is 5.05. The lowest BCUT2D eigenvalue weighted by atomic mass is 10.2. The van der Waals surface area contributed by atoms with Crippen molar-refractivity contribution in [3.05, 3.63) is 42.1 Å². The van der Waals surface area contributed by atoms with E-state index in [-0.39, 0.29) is 18.2 Å². The molecule has 1 amide bonds. The van der Waals surface area contributed by atoms with Gasteiger partial charge < -0.3 is 9.64 Å². The monoisotopic (exact) mass is 284 g/mol. The van der Waals surface area contributed by atoms with E-state index in [9.17, 15) is 9.59 Å². The van der Waals surface area contributed by atoms with Gasteiger partial charge in [-0.15, -0.1) is 0 Å². The molecular weight excluding hydrogens is 268 g/mol. The van der Waals surface area contributed by atoms with E-state index in [1.54, 1.807) is 11.0 Å². The maximum atomic E-state index is 12.0. The minimum atomic E-state index is -0.562. The molecule has 3 rings (SSSR count). The van der Waals surface area contributed by atoms with Crippen molar-refractivity contribution in [2.75, 3.05) is 19.7 Å². The summed E-state index contributed by atoms with van der Waals surface area (Å²) in [5.74, 6) is -0.699. The highest BCUT2D eigenvalue weighted by Gasteiger charge is 2.20. The highest BCUT2D eigenvalue weighted by atomic mass is 16.5. The molecule has 1 aromatic heterocycles. The number of aromatic nitrogens is 1. The first kappa shape index (κ1) is 13.5. The molecule has 5 nitrogen and oxygen atoms in total. The Morgan fingerprint density at radius 2 is 1.86 bits per heavy atom. The Hall–Kier alpha value is -2.43. The van der Waals surface area contributed by atoms with Crippen LogP contribution in [0.2, 0.25) is 0 Å². The maximum absolute atomic E-state index is 12.0. The summed E-state index contributed by atoms with van der Waals surface area (Å²) in [5, 5.41) is 0.960. The van der Waals surface area contributed by atoms with Gasteiger partial charge >= 0.3 is 5.97 Å². The molecule has 1 saturated heterocycles. The van der Waals surface area contributed by atoms with E-state index in [1.807, 2.05) is 30.3 Å². The van der Waals surface area contributed by atoms with Crippen LogP contribution in [0.1, 0.15) is 23.3 Å². The third kappa shape index (κ3) is 3.02. The van der Waals surface area contributed by atoms with E-state index < -0.39 is 5.97 Å². The van der Waals surface area contributed by atoms with Crippen LogP contribution < -0.4 is 0 Å². The molecule has 0 atom stereocenters. The topological polar surface area (TPSA) is 59.5 Å². The van der Waals surface area contributed by atoms with Crippen molar-refractivity contribution in [3.8, 4) is 0 Å². The van der Waals surface area contributed by atoms with E-state index in [1.165, 1.54) is 0 Å². The van der Waals surface area contributed by atoms with Gasteiger partial charge in [-0.25, -0.2) is 9.78 Å². The van der Waals surface area contributed by atoms with E-state index in [4.69, 9.17) is 4.74 Å². The number of hydrogen-bond acceptors (Lipinski definition) is 4. The number of carbonyl (C=O) groups is 2. The number of fused-ring (bicyclic) bond motifs is 1. The van der Waals surface area contributed by atoms with Crippen LogP contribution in [0.4, 0.5) is 0 Å². The average molecular weight is 284 g/mol. The van der Waals surface area contributed by atoms with E-state index >= 15 is 0 Å². The predicted molar refractivity (Wildman–Crippen MR) is 77.8 cm³/mol. The SMILES string of the molecule is O=C(OCC(=O)N1CCCC1)c1ccc2ccccc2n1. The molecule has 0 saturated carbocycles. The first-order chi connectivity index (χ1) is 10.2. The molecule has 5 heteroatoms. The lowest BCUT2D eigenvalue weighted by Crippen LogP contribution is -2.32. The van der Waals surface area contributed by atoms with Crippen LogP contribution in [0.15, 0.2) is 36.4 Å². The summed E-state index contributed by atoms with van der Waals surface area (Å²) in [6.07, 6.45) is 2.04.